The predicted octanol–water partition coefficient (Wildman–Crippen LogP) is 3.50. The molecule has 0 aliphatic rings. The lowest BCUT2D eigenvalue weighted by molar-refractivity contribution is 0.469. The van der Waals surface area contributed by atoms with Crippen molar-refractivity contribution >= 4 is 0 Å². The highest BCUT2D eigenvalue weighted by molar-refractivity contribution is 5.17. The van der Waals surface area contributed by atoms with Crippen molar-refractivity contribution in [3.05, 3.63) is 65.7 Å². The second-order valence-electron chi connectivity index (χ2n) is 4.88. The van der Waals surface area contributed by atoms with Crippen molar-refractivity contribution in [2.75, 3.05) is 0 Å². The van der Waals surface area contributed by atoms with Crippen molar-refractivity contribution in [2.24, 2.45) is 0 Å². The molecular weight excluding hydrogens is 239 g/mol. The first-order chi connectivity index (χ1) is 9.15. The van der Waals surface area contributed by atoms with Gasteiger partial charge in [-0.15, -0.1) is 0 Å². The van der Waals surface area contributed by atoms with E-state index in [9.17, 15) is 4.39 Å². The number of nitrogens with one attached hydrogen (secondary N) is 1. The molecule has 0 radical (unpaired) electrons. The molecule has 0 aliphatic carbocycles. The van der Waals surface area contributed by atoms with E-state index in [0.29, 0.717) is 0 Å². The van der Waals surface area contributed by atoms with E-state index in [0.717, 1.165) is 17.7 Å². The number of pyridine rings is 1. The Morgan fingerprint density at radius 3 is 2.68 bits per heavy atom. The second kappa shape index (κ2) is 6.43. The Hall–Kier alpha value is -1.74. The van der Waals surface area contributed by atoms with Gasteiger partial charge in [-0.3, -0.25) is 4.98 Å². The lowest BCUT2D eigenvalue weighted by Gasteiger charge is -2.19. The van der Waals surface area contributed by atoms with Gasteiger partial charge in [-0.2, -0.15) is 0 Å². The number of hydrogen-bond donors (Lipinski definition) is 1. The highest BCUT2D eigenvalue weighted by Crippen LogP contribution is 2.12. The van der Waals surface area contributed by atoms with Crippen LogP contribution < -0.4 is 5.32 Å². The van der Waals surface area contributed by atoms with E-state index in [1.807, 2.05) is 24.3 Å². The molecule has 0 spiro atoms. The molecule has 19 heavy (non-hydrogen) atoms. The molecule has 1 aromatic heterocycles. The summed E-state index contributed by atoms with van der Waals surface area (Å²) in [5, 5.41) is 3.48. The number of halogens is 1. The van der Waals surface area contributed by atoms with Crippen LogP contribution in [-0.4, -0.2) is 11.0 Å². The van der Waals surface area contributed by atoms with Crippen LogP contribution in [0.25, 0.3) is 0 Å². The molecule has 0 bridgehead atoms. The zero-order chi connectivity index (χ0) is 13.7. The summed E-state index contributed by atoms with van der Waals surface area (Å²) in [6, 6.07) is 13.1. The van der Waals surface area contributed by atoms with Gasteiger partial charge in [-0.05, 0) is 50.1 Å². The third-order valence-corrected chi connectivity index (χ3v) is 3.10. The third kappa shape index (κ3) is 4.14. The molecule has 0 fully saturated rings. The van der Waals surface area contributed by atoms with E-state index >= 15 is 0 Å². The summed E-state index contributed by atoms with van der Waals surface area (Å²) in [5.74, 6) is -0.178. The van der Waals surface area contributed by atoms with Gasteiger partial charge in [-0.1, -0.05) is 18.2 Å². The van der Waals surface area contributed by atoms with Gasteiger partial charge in [0.2, 0.25) is 0 Å². The lowest BCUT2D eigenvalue weighted by Crippen LogP contribution is -2.31. The van der Waals surface area contributed by atoms with E-state index in [1.54, 1.807) is 18.3 Å². The number of nitrogens with zero attached hydrogens (tertiary/aromatic N) is 1. The maximum Gasteiger partial charge on any atom is 0.123 e. The Morgan fingerprint density at radius 2 is 2.00 bits per heavy atom. The Bertz CT molecular complexity index is 513. The molecular formula is C16H19FN2. The Balaban J connectivity index is 1.92. The first-order valence-corrected chi connectivity index (χ1v) is 6.56. The van der Waals surface area contributed by atoms with Crippen LogP contribution in [0.15, 0.2) is 48.7 Å². The summed E-state index contributed by atoms with van der Waals surface area (Å²) < 4.78 is 13.1. The Labute approximate surface area is 113 Å². The van der Waals surface area contributed by atoms with Gasteiger partial charge in [0.05, 0.1) is 5.69 Å². The van der Waals surface area contributed by atoms with Gasteiger partial charge in [0, 0.05) is 18.3 Å². The molecule has 2 nitrogen and oxygen atoms in total. The molecule has 0 aliphatic heterocycles. The molecule has 2 atom stereocenters. The maximum absolute atomic E-state index is 13.1. The number of benzene rings is 1. The van der Waals surface area contributed by atoms with Crippen molar-refractivity contribution < 1.29 is 4.39 Å². The molecule has 2 rings (SSSR count). The average molecular weight is 258 g/mol. The van der Waals surface area contributed by atoms with Crippen molar-refractivity contribution in [1.82, 2.24) is 10.3 Å². The summed E-state index contributed by atoms with van der Waals surface area (Å²) in [4.78, 5) is 4.33. The molecule has 0 saturated heterocycles. The summed E-state index contributed by atoms with van der Waals surface area (Å²) >= 11 is 0. The van der Waals surface area contributed by atoms with E-state index in [1.165, 1.54) is 6.07 Å². The molecule has 1 aromatic carbocycles. The van der Waals surface area contributed by atoms with Gasteiger partial charge < -0.3 is 5.32 Å². The molecule has 3 heteroatoms. The van der Waals surface area contributed by atoms with Crippen LogP contribution in [0.3, 0.4) is 0 Å². The van der Waals surface area contributed by atoms with Gasteiger partial charge in [-0.25, -0.2) is 4.39 Å². The molecule has 1 unspecified atom stereocenters. The highest BCUT2D eigenvalue weighted by atomic mass is 19.1. The summed E-state index contributed by atoms with van der Waals surface area (Å²) in [7, 11) is 0. The SMILES string of the molecule is CC(Cc1cccc(F)c1)N[C@H](C)c1ccccn1. The van der Waals surface area contributed by atoms with Crippen LogP contribution in [0, 0.1) is 5.82 Å². The van der Waals surface area contributed by atoms with Crippen LogP contribution in [-0.2, 0) is 6.42 Å². The van der Waals surface area contributed by atoms with E-state index in [-0.39, 0.29) is 17.9 Å². The highest BCUT2D eigenvalue weighted by Gasteiger charge is 2.10. The molecule has 0 amide bonds. The van der Waals surface area contributed by atoms with Crippen molar-refractivity contribution in [3.8, 4) is 0 Å². The average Bonchev–Trinajstić information content (AvgIpc) is 2.39. The number of hydrogen-bond acceptors (Lipinski definition) is 2. The van der Waals surface area contributed by atoms with Crippen LogP contribution >= 0.6 is 0 Å². The normalized spacial score (nSPS) is 14.1. The zero-order valence-electron chi connectivity index (χ0n) is 11.3. The van der Waals surface area contributed by atoms with Gasteiger partial charge in [0.1, 0.15) is 5.82 Å². The minimum absolute atomic E-state index is 0.178. The Kier molecular flexibility index (Phi) is 4.63. The second-order valence-corrected chi connectivity index (χ2v) is 4.88. The maximum atomic E-state index is 13.1. The van der Waals surface area contributed by atoms with Crippen LogP contribution in [0.1, 0.15) is 31.1 Å². The first kappa shape index (κ1) is 13.7. The molecule has 1 heterocycles. The number of aromatic nitrogens is 1. The monoisotopic (exact) mass is 258 g/mol. The molecule has 100 valence electrons. The van der Waals surface area contributed by atoms with Gasteiger partial charge >= 0.3 is 0 Å². The van der Waals surface area contributed by atoms with Gasteiger partial charge in [0.15, 0.2) is 0 Å². The fourth-order valence-corrected chi connectivity index (χ4v) is 2.22. The molecule has 2 aromatic rings. The first-order valence-electron chi connectivity index (χ1n) is 6.56. The van der Waals surface area contributed by atoms with Crippen molar-refractivity contribution in [2.45, 2.75) is 32.4 Å². The van der Waals surface area contributed by atoms with E-state index in [4.69, 9.17) is 0 Å². The van der Waals surface area contributed by atoms with Crippen LogP contribution in [0.2, 0.25) is 0 Å². The van der Waals surface area contributed by atoms with Gasteiger partial charge in [0.25, 0.3) is 0 Å². The van der Waals surface area contributed by atoms with Crippen molar-refractivity contribution in [1.29, 1.82) is 0 Å². The smallest absolute Gasteiger partial charge is 0.123 e. The third-order valence-electron chi connectivity index (χ3n) is 3.10. The topological polar surface area (TPSA) is 24.9 Å². The fourth-order valence-electron chi connectivity index (χ4n) is 2.22. The molecule has 1 N–H and O–H groups in total. The molecule has 0 saturated carbocycles. The fraction of sp³-hybridized carbons (Fsp3) is 0.312. The standard InChI is InChI=1S/C16H19FN2/c1-12(10-14-6-5-7-15(17)11-14)19-13(2)16-8-3-4-9-18-16/h3-9,11-13,19H,10H2,1-2H3/t12?,13-/m1/s1. The summed E-state index contributed by atoms with van der Waals surface area (Å²) in [6.45, 7) is 4.19. The lowest BCUT2D eigenvalue weighted by atomic mass is 10.1. The largest absolute Gasteiger partial charge is 0.306 e. The quantitative estimate of drug-likeness (QED) is 0.887. The predicted molar refractivity (Wildman–Crippen MR) is 75.4 cm³/mol. The zero-order valence-corrected chi connectivity index (χ0v) is 11.3. The minimum atomic E-state index is -0.178. The number of rotatable bonds is 5. The summed E-state index contributed by atoms with van der Waals surface area (Å²) in [6.07, 6.45) is 2.60. The van der Waals surface area contributed by atoms with E-state index < -0.39 is 0 Å². The Morgan fingerprint density at radius 1 is 1.16 bits per heavy atom. The van der Waals surface area contributed by atoms with Crippen molar-refractivity contribution in [3.63, 3.8) is 0 Å². The van der Waals surface area contributed by atoms with Crippen LogP contribution in [0.4, 0.5) is 4.39 Å². The van der Waals surface area contributed by atoms with Crippen LogP contribution in [0.5, 0.6) is 0 Å². The summed E-state index contributed by atoms with van der Waals surface area (Å²) in [5.41, 5.74) is 2.03. The van der Waals surface area contributed by atoms with E-state index in [2.05, 4.69) is 24.1 Å². The minimum Gasteiger partial charge on any atom is -0.306 e.